The van der Waals surface area contributed by atoms with Crippen molar-refractivity contribution in [2.75, 3.05) is 6.61 Å². The first-order valence-corrected chi connectivity index (χ1v) is 12.6. The van der Waals surface area contributed by atoms with E-state index in [9.17, 15) is 0 Å². The van der Waals surface area contributed by atoms with Crippen molar-refractivity contribution in [1.29, 1.82) is 0 Å². The third-order valence-electron chi connectivity index (χ3n) is 5.24. The van der Waals surface area contributed by atoms with Crippen molar-refractivity contribution in [3.8, 4) is 0 Å². The number of imidazole rings is 1. The summed E-state index contributed by atoms with van der Waals surface area (Å²) in [4.78, 5) is 4.74. The lowest BCUT2D eigenvalue weighted by molar-refractivity contribution is 0.0865. The van der Waals surface area contributed by atoms with Gasteiger partial charge in [0.2, 0.25) is 0 Å². The van der Waals surface area contributed by atoms with Crippen LogP contribution in [0.25, 0.3) is 5.57 Å². The van der Waals surface area contributed by atoms with Crippen molar-refractivity contribution >= 4 is 13.6 Å². The second-order valence-electron chi connectivity index (χ2n) is 8.63. The van der Waals surface area contributed by atoms with E-state index in [0.29, 0.717) is 6.73 Å². The largest absolute Gasteiger partial charge is 0.361 e. The van der Waals surface area contributed by atoms with E-state index in [0.717, 1.165) is 24.4 Å². The Morgan fingerprint density at radius 3 is 2.77 bits per heavy atom. The smallest absolute Gasteiger partial charge is 0.124 e. The molecule has 2 saturated carbocycles. The van der Waals surface area contributed by atoms with Crippen molar-refractivity contribution in [3.05, 3.63) is 23.8 Å². The van der Waals surface area contributed by atoms with Gasteiger partial charge in [-0.3, -0.25) is 0 Å². The van der Waals surface area contributed by atoms with Crippen LogP contribution in [-0.2, 0) is 11.5 Å². The van der Waals surface area contributed by atoms with Crippen LogP contribution in [0.15, 0.2) is 12.4 Å². The van der Waals surface area contributed by atoms with Crippen molar-refractivity contribution < 1.29 is 4.74 Å². The van der Waals surface area contributed by atoms with E-state index in [-0.39, 0.29) is 0 Å². The zero-order valence-electron chi connectivity index (χ0n) is 14.1. The van der Waals surface area contributed by atoms with E-state index >= 15 is 0 Å². The normalized spacial score (nSPS) is 27.0. The fourth-order valence-electron chi connectivity index (χ4n) is 3.54. The van der Waals surface area contributed by atoms with Crippen LogP contribution in [0.5, 0.6) is 0 Å². The molecule has 3 aliphatic rings. The Kier molecular flexibility index (Phi) is 3.57. The number of fused-ring (bicyclic) bond motifs is 1. The number of allylic oxidation sites excluding steroid dienone is 2. The molecule has 120 valence electrons. The average molecular weight is 317 g/mol. The second-order valence-corrected chi connectivity index (χ2v) is 14.2. The minimum Gasteiger partial charge on any atom is -0.361 e. The van der Waals surface area contributed by atoms with Gasteiger partial charge in [0.05, 0.1) is 17.7 Å². The SMILES string of the molecule is C[Si](C)(C)CCOCn1cnc(C2CC2)c1C1=CC2CC2C1. The number of rotatable bonds is 7. The van der Waals surface area contributed by atoms with Crippen LogP contribution in [0.2, 0.25) is 25.7 Å². The summed E-state index contributed by atoms with van der Waals surface area (Å²) in [5.74, 6) is 2.53. The van der Waals surface area contributed by atoms with Gasteiger partial charge in [0.25, 0.3) is 0 Å². The highest BCUT2D eigenvalue weighted by Gasteiger charge is 2.43. The Hall–Kier alpha value is -0.873. The minimum absolute atomic E-state index is 0.673. The van der Waals surface area contributed by atoms with Crippen LogP contribution < -0.4 is 0 Å². The number of hydrogen-bond acceptors (Lipinski definition) is 2. The molecule has 3 nitrogen and oxygen atoms in total. The minimum atomic E-state index is -1.00. The van der Waals surface area contributed by atoms with Gasteiger partial charge < -0.3 is 9.30 Å². The van der Waals surface area contributed by atoms with Gasteiger partial charge in [-0.05, 0) is 49.1 Å². The Morgan fingerprint density at radius 1 is 1.32 bits per heavy atom. The predicted octanol–water partition coefficient (Wildman–Crippen LogP) is 4.50. The van der Waals surface area contributed by atoms with Gasteiger partial charge in [-0.2, -0.15) is 0 Å². The van der Waals surface area contributed by atoms with Gasteiger partial charge in [0.1, 0.15) is 6.73 Å². The molecule has 0 aliphatic heterocycles. The molecule has 0 aromatic carbocycles. The molecular weight excluding hydrogens is 288 g/mol. The number of ether oxygens (including phenoxy) is 1. The quantitative estimate of drug-likeness (QED) is 0.547. The van der Waals surface area contributed by atoms with Crippen LogP contribution in [0.1, 0.15) is 43.0 Å². The van der Waals surface area contributed by atoms with Crippen molar-refractivity contribution in [2.24, 2.45) is 11.8 Å². The summed E-state index contributed by atoms with van der Waals surface area (Å²) in [5.41, 5.74) is 4.30. The summed E-state index contributed by atoms with van der Waals surface area (Å²) in [6.07, 6.45) is 9.86. The molecule has 22 heavy (non-hydrogen) atoms. The first-order valence-electron chi connectivity index (χ1n) is 8.85. The highest BCUT2D eigenvalue weighted by atomic mass is 28.3. The van der Waals surface area contributed by atoms with E-state index in [1.54, 1.807) is 5.57 Å². The second kappa shape index (κ2) is 5.34. The maximum Gasteiger partial charge on any atom is 0.124 e. The zero-order chi connectivity index (χ0) is 15.3. The fourth-order valence-corrected chi connectivity index (χ4v) is 4.29. The van der Waals surface area contributed by atoms with Gasteiger partial charge in [-0.25, -0.2) is 4.98 Å². The third kappa shape index (κ3) is 3.09. The molecule has 1 aromatic rings. The van der Waals surface area contributed by atoms with Gasteiger partial charge in [0.15, 0.2) is 0 Å². The molecule has 2 fully saturated rings. The van der Waals surface area contributed by atoms with Gasteiger partial charge in [0, 0.05) is 20.6 Å². The Bertz CT molecular complexity index is 595. The topological polar surface area (TPSA) is 27.1 Å². The van der Waals surface area contributed by atoms with Crippen LogP contribution in [0.4, 0.5) is 0 Å². The summed E-state index contributed by atoms with van der Waals surface area (Å²) in [7, 11) is -1.00. The molecule has 0 spiro atoms. The average Bonchev–Trinajstić information content (AvgIpc) is 3.35. The lowest BCUT2D eigenvalue weighted by atomic mass is 10.1. The standard InChI is InChI=1S/C18H28N2OSi/c1-22(2,3)7-6-21-12-20-11-19-17(13-4-5-13)18(20)16-9-14-8-15(14)10-16/h9,11,13-15H,4-8,10,12H2,1-3H3. The highest BCUT2D eigenvalue weighted by molar-refractivity contribution is 6.76. The monoisotopic (exact) mass is 316 g/mol. The van der Waals surface area contributed by atoms with Crippen molar-refractivity contribution in [3.63, 3.8) is 0 Å². The van der Waals surface area contributed by atoms with E-state index in [4.69, 9.17) is 9.72 Å². The maximum atomic E-state index is 5.98. The summed E-state index contributed by atoms with van der Waals surface area (Å²) in [6.45, 7) is 8.77. The molecule has 3 aliphatic carbocycles. The predicted molar refractivity (Wildman–Crippen MR) is 92.5 cm³/mol. The molecule has 0 bridgehead atoms. The zero-order valence-corrected chi connectivity index (χ0v) is 15.1. The molecule has 0 saturated heterocycles. The van der Waals surface area contributed by atoms with E-state index in [2.05, 4.69) is 30.3 Å². The van der Waals surface area contributed by atoms with Crippen LogP contribution >= 0.6 is 0 Å². The first-order chi connectivity index (χ1) is 10.5. The summed E-state index contributed by atoms with van der Waals surface area (Å²) < 4.78 is 8.25. The molecule has 1 heterocycles. The summed E-state index contributed by atoms with van der Waals surface area (Å²) >= 11 is 0. The van der Waals surface area contributed by atoms with Crippen molar-refractivity contribution in [2.45, 2.75) is 64.0 Å². The Labute approximate surface area is 134 Å². The lowest BCUT2D eigenvalue weighted by Gasteiger charge is -2.17. The van der Waals surface area contributed by atoms with Crippen LogP contribution in [0, 0.1) is 11.8 Å². The molecule has 0 amide bonds. The van der Waals surface area contributed by atoms with Gasteiger partial charge in [-0.15, -0.1) is 0 Å². The lowest BCUT2D eigenvalue weighted by Crippen LogP contribution is -2.22. The van der Waals surface area contributed by atoms with Crippen LogP contribution in [-0.4, -0.2) is 24.2 Å². The maximum absolute atomic E-state index is 5.98. The van der Waals surface area contributed by atoms with E-state index in [1.165, 1.54) is 43.1 Å². The number of hydrogen-bond donors (Lipinski definition) is 0. The molecule has 4 rings (SSSR count). The molecule has 2 atom stereocenters. The highest BCUT2D eigenvalue weighted by Crippen LogP contribution is 2.54. The number of nitrogens with zero attached hydrogens (tertiary/aromatic N) is 2. The van der Waals surface area contributed by atoms with E-state index in [1.807, 2.05) is 6.33 Å². The summed E-state index contributed by atoms with van der Waals surface area (Å²) in [6, 6.07) is 1.24. The fraction of sp³-hybridized carbons (Fsp3) is 0.722. The molecule has 0 N–H and O–H groups in total. The van der Waals surface area contributed by atoms with Gasteiger partial charge >= 0.3 is 0 Å². The first kappa shape index (κ1) is 14.7. The Morgan fingerprint density at radius 2 is 2.14 bits per heavy atom. The van der Waals surface area contributed by atoms with Crippen molar-refractivity contribution in [1.82, 2.24) is 9.55 Å². The third-order valence-corrected chi connectivity index (χ3v) is 6.94. The molecule has 2 unspecified atom stereocenters. The molecule has 1 aromatic heterocycles. The number of aromatic nitrogens is 2. The molecule has 4 heteroatoms. The van der Waals surface area contributed by atoms with Gasteiger partial charge in [-0.1, -0.05) is 25.7 Å². The van der Waals surface area contributed by atoms with E-state index < -0.39 is 8.07 Å². The Balaban J connectivity index is 1.46. The summed E-state index contributed by atoms with van der Waals surface area (Å²) in [5, 5.41) is 0. The van der Waals surface area contributed by atoms with Crippen LogP contribution in [0.3, 0.4) is 0 Å². The molecular formula is C18H28N2OSi. The molecule has 0 radical (unpaired) electrons.